The van der Waals surface area contributed by atoms with Gasteiger partial charge in [0.1, 0.15) is 0 Å². The number of hydrogen-bond donors (Lipinski definition) is 1. The fourth-order valence-electron chi connectivity index (χ4n) is 2.84. The third-order valence-electron chi connectivity index (χ3n) is 3.92. The van der Waals surface area contributed by atoms with Gasteiger partial charge in [-0.3, -0.25) is 0 Å². The van der Waals surface area contributed by atoms with E-state index < -0.39 is 12.1 Å². The molecular formula is C19H21NO3S. The molecule has 0 bridgehead atoms. The fraction of sp³-hybridized carbons (Fsp3) is 0.316. The summed E-state index contributed by atoms with van der Waals surface area (Å²) in [5, 5.41) is 10.2. The van der Waals surface area contributed by atoms with Crippen molar-refractivity contribution in [3.05, 3.63) is 48.0 Å². The highest BCUT2D eigenvalue weighted by atomic mass is 32.2. The molecule has 0 amide bonds. The minimum atomic E-state index is -1.24. The van der Waals surface area contributed by atoms with E-state index in [1.54, 1.807) is 24.8 Å². The van der Waals surface area contributed by atoms with Crippen LogP contribution in [-0.4, -0.2) is 24.2 Å². The number of anilines is 2. The lowest BCUT2D eigenvalue weighted by Gasteiger charge is -2.33. The normalized spacial score (nSPS) is 13.9. The van der Waals surface area contributed by atoms with E-state index in [0.717, 1.165) is 23.5 Å². The second-order valence-corrected chi connectivity index (χ2v) is 6.69. The molecule has 0 spiro atoms. The van der Waals surface area contributed by atoms with Crippen molar-refractivity contribution < 1.29 is 14.6 Å². The van der Waals surface area contributed by atoms with Gasteiger partial charge in [0.15, 0.2) is 6.10 Å². The van der Waals surface area contributed by atoms with Crippen molar-refractivity contribution in [1.29, 1.82) is 0 Å². The van der Waals surface area contributed by atoms with Crippen molar-refractivity contribution in [2.75, 3.05) is 18.1 Å². The first-order valence-corrected chi connectivity index (χ1v) is 9.00. The Kier molecular flexibility index (Phi) is 5.11. The van der Waals surface area contributed by atoms with Crippen molar-refractivity contribution in [3.63, 3.8) is 0 Å². The standard InChI is InChI=1S/C19H21NO3S/c1-3-11-20-14-7-5-6-8-16(14)24-17-12-13(9-10-15(17)20)18(21)19(22)23-4-2/h5-10,12,18,21H,3-4,11H2,1-2H3/t18-/m1/s1. The number of aliphatic hydroxyl groups excluding tert-OH is 1. The first-order valence-electron chi connectivity index (χ1n) is 8.18. The topological polar surface area (TPSA) is 49.8 Å². The Morgan fingerprint density at radius 2 is 1.92 bits per heavy atom. The number of fused-ring (bicyclic) bond motifs is 2. The third kappa shape index (κ3) is 3.14. The van der Waals surface area contributed by atoms with E-state index in [0.29, 0.717) is 5.56 Å². The molecule has 0 saturated heterocycles. The summed E-state index contributed by atoms with van der Waals surface area (Å²) in [6.07, 6.45) is -0.210. The molecule has 0 aliphatic carbocycles. The Balaban J connectivity index is 1.97. The van der Waals surface area contributed by atoms with Gasteiger partial charge in [0.2, 0.25) is 0 Å². The smallest absolute Gasteiger partial charge is 0.339 e. The van der Waals surface area contributed by atoms with Crippen LogP contribution in [0.25, 0.3) is 0 Å². The van der Waals surface area contributed by atoms with Crippen molar-refractivity contribution >= 4 is 29.1 Å². The van der Waals surface area contributed by atoms with Gasteiger partial charge in [-0.25, -0.2) is 4.79 Å². The number of nitrogens with zero attached hydrogens (tertiary/aromatic N) is 1. The lowest BCUT2D eigenvalue weighted by Crippen LogP contribution is -2.22. The summed E-state index contributed by atoms with van der Waals surface area (Å²) in [4.78, 5) is 16.3. The highest BCUT2D eigenvalue weighted by Gasteiger charge is 2.25. The van der Waals surface area contributed by atoms with E-state index in [2.05, 4.69) is 24.0 Å². The number of hydrogen-bond acceptors (Lipinski definition) is 5. The molecule has 24 heavy (non-hydrogen) atoms. The summed E-state index contributed by atoms with van der Waals surface area (Å²) in [6.45, 7) is 5.06. The molecule has 126 valence electrons. The van der Waals surface area contributed by atoms with Crippen molar-refractivity contribution in [2.45, 2.75) is 36.2 Å². The highest BCUT2D eigenvalue weighted by molar-refractivity contribution is 7.99. The van der Waals surface area contributed by atoms with Gasteiger partial charge in [0.25, 0.3) is 0 Å². The molecule has 0 radical (unpaired) electrons. The summed E-state index contributed by atoms with van der Waals surface area (Å²) in [7, 11) is 0. The third-order valence-corrected chi connectivity index (χ3v) is 5.04. The molecule has 1 N–H and O–H groups in total. The molecule has 1 aliphatic rings. The van der Waals surface area contributed by atoms with Gasteiger partial charge in [-0.1, -0.05) is 36.9 Å². The largest absolute Gasteiger partial charge is 0.464 e. The lowest BCUT2D eigenvalue weighted by atomic mass is 10.1. The Hall–Kier alpha value is -1.98. The number of aliphatic hydroxyl groups is 1. The summed E-state index contributed by atoms with van der Waals surface area (Å²) >= 11 is 1.66. The number of benzene rings is 2. The SMILES string of the molecule is CCCN1c2ccccc2Sc2cc([C@@H](O)C(=O)OCC)ccc21. The van der Waals surface area contributed by atoms with Gasteiger partial charge in [-0.2, -0.15) is 0 Å². The minimum Gasteiger partial charge on any atom is -0.464 e. The summed E-state index contributed by atoms with van der Waals surface area (Å²) in [5.41, 5.74) is 2.88. The van der Waals surface area contributed by atoms with Crippen LogP contribution in [-0.2, 0) is 9.53 Å². The minimum absolute atomic E-state index is 0.257. The molecule has 4 nitrogen and oxygen atoms in total. The van der Waals surface area contributed by atoms with E-state index >= 15 is 0 Å². The Labute approximate surface area is 146 Å². The number of carbonyl (C=O) groups is 1. The van der Waals surface area contributed by atoms with E-state index in [4.69, 9.17) is 4.74 Å². The summed E-state index contributed by atoms with van der Waals surface area (Å²) in [6, 6.07) is 14.0. The predicted octanol–water partition coefficient (Wildman–Crippen LogP) is 4.30. The molecular weight excluding hydrogens is 322 g/mol. The predicted molar refractivity (Wildman–Crippen MR) is 95.9 cm³/mol. The molecule has 2 aromatic carbocycles. The van der Waals surface area contributed by atoms with Crippen LogP contribution in [0.2, 0.25) is 0 Å². The number of carbonyl (C=O) groups excluding carboxylic acids is 1. The van der Waals surface area contributed by atoms with Crippen LogP contribution in [0.15, 0.2) is 52.3 Å². The van der Waals surface area contributed by atoms with E-state index in [9.17, 15) is 9.90 Å². The second-order valence-electron chi connectivity index (χ2n) is 5.60. The molecule has 1 heterocycles. The van der Waals surface area contributed by atoms with E-state index in [1.165, 1.54) is 10.6 Å². The van der Waals surface area contributed by atoms with Crippen LogP contribution >= 0.6 is 11.8 Å². The maximum atomic E-state index is 11.8. The number of ether oxygens (including phenoxy) is 1. The fourth-order valence-corrected chi connectivity index (χ4v) is 3.99. The molecule has 0 aromatic heterocycles. The zero-order chi connectivity index (χ0) is 17.1. The number of para-hydroxylation sites is 1. The van der Waals surface area contributed by atoms with Gasteiger partial charge in [-0.05, 0) is 43.2 Å². The Morgan fingerprint density at radius 3 is 2.67 bits per heavy atom. The van der Waals surface area contributed by atoms with Gasteiger partial charge in [-0.15, -0.1) is 0 Å². The van der Waals surface area contributed by atoms with Gasteiger partial charge in [0.05, 0.1) is 18.0 Å². The molecule has 2 aromatic rings. The van der Waals surface area contributed by atoms with Crippen LogP contribution in [0.1, 0.15) is 31.9 Å². The van der Waals surface area contributed by atoms with Crippen molar-refractivity contribution in [3.8, 4) is 0 Å². The van der Waals surface area contributed by atoms with Gasteiger partial charge < -0.3 is 14.7 Å². The van der Waals surface area contributed by atoms with Crippen LogP contribution in [0, 0.1) is 0 Å². The highest BCUT2D eigenvalue weighted by Crippen LogP contribution is 2.48. The van der Waals surface area contributed by atoms with E-state index in [1.807, 2.05) is 24.3 Å². The molecule has 1 aliphatic heterocycles. The molecule has 0 saturated carbocycles. The molecule has 1 atom stereocenters. The monoisotopic (exact) mass is 343 g/mol. The Bertz CT molecular complexity index is 747. The van der Waals surface area contributed by atoms with Gasteiger partial charge in [0, 0.05) is 16.3 Å². The average Bonchev–Trinajstić information content (AvgIpc) is 2.60. The van der Waals surface area contributed by atoms with Crippen LogP contribution in [0.3, 0.4) is 0 Å². The first kappa shape index (κ1) is 16.9. The number of esters is 1. The molecule has 5 heteroatoms. The van der Waals surface area contributed by atoms with Crippen LogP contribution < -0.4 is 4.90 Å². The van der Waals surface area contributed by atoms with Crippen LogP contribution in [0.4, 0.5) is 11.4 Å². The maximum Gasteiger partial charge on any atom is 0.339 e. The first-order chi connectivity index (χ1) is 11.7. The maximum absolute atomic E-state index is 11.8. The van der Waals surface area contributed by atoms with Crippen molar-refractivity contribution in [2.24, 2.45) is 0 Å². The summed E-state index contributed by atoms with van der Waals surface area (Å²) in [5.74, 6) is -0.607. The van der Waals surface area contributed by atoms with Gasteiger partial charge >= 0.3 is 5.97 Å². The average molecular weight is 343 g/mol. The summed E-state index contributed by atoms with van der Waals surface area (Å²) < 4.78 is 4.91. The zero-order valence-electron chi connectivity index (χ0n) is 13.9. The molecule has 0 unspecified atom stereocenters. The van der Waals surface area contributed by atoms with Crippen molar-refractivity contribution in [1.82, 2.24) is 0 Å². The Morgan fingerprint density at radius 1 is 1.17 bits per heavy atom. The van der Waals surface area contributed by atoms with E-state index in [-0.39, 0.29) is 6.61 Å². The zero-order valence-corrected chi connectivity index (χ0v) is 14.7. The van der Waals surface area contributed by atoms with Crippen LogP contribution in [0.5, 0.6) is 0 Å². The number of rotatable bonds is 5. The molecule has 3 rings (SSSR count). The second kappa shape index (κ2) is 7.28. The lowest BCUT2D eigenvalue weighted by molar-refractivity contribution is -0.153. The quantitative estimate of drug-likeness (QED) is 0.821. The molecule has 0 fully saturated rings.